The number of sulfonamides is 1. The zero-order valence-electron chi connectivity index (χ0n) is 15.0. The van der Waals surface area contributed by atoms with E-state index in [9.17, 15) is 8.42 Å². The van der Waals surface area contributed by atoms with E-state index in [1.807, 2.05) is 29.2 Å². The molecule has 146 valence electrons. The van der Waals surface area contributed by atoms with Crippen molar-refractivity contribution in [3.8, 4) is 0 Å². The second-order valence-electron chi connectivity index (χ2n) is 6.13. The second kappa shape index (κ2) is 8.73. The predicted octanol–water partition coefficient (Wildman–Crippen LogP) is 1.55. The van der Waals surface area contributed by atoms with Crippen LogP contribution in [0.5, 0.6) is 0 Å². The van der Waals surface area contributed by atoms with Crippen molar-refractivity contribution < 1.29 is 12.9 Å². The van der Waals surface area contributed by atoms with Crippen molar-refractivity contribution in [1.82, 2.24) is 19.7 Å². The molecule has 0 unspecified atom stereocenters. The van der Waals surface area contributed by atoms with Crippen LogP contribution in [-0.4, -0.2) is 62.0 Å². The fraction of sp³-hybridized carbons (Fsp3) is 0.412. The summed E-state index contributed by atoms with van der Waals surface area (Å²) in [5, 5.41) is 7.67. The summed E-state index contributed by atoms with van der Waals surface area (Å²) >= 11 is 6.19. The molecule has 1 aromatic carbocycles. The molecule has 1 aromatic heterocycles. The van der Waals surface area contributed by atoms with Crippen molar-refractivity contribution in [2.45, 2.75) is 12.3 Å². The van der Waals surface area contributed by atoms with Crippen molar-refractivity contribution in [3.05, 3.63) is 52.9 Å². The minimum absolute atomic E-state index is 0.150. The summed E-state index contributed by atoms with van der Waals surface area (Å²) in [5.74, 6) is 0.576. The van der Waals surface area contributed by atoms with Crippen molar-refractivity contribution in [2.24, 2.45) is 4.99 Å². The minimum Gasteiger partial charge on any atom is -0.364 e. The van der Waals surface area contributed by atoms with Gasteiger partial charge in [-0.1, -0.05) is 35.0 Å². The molecule has 0 atom stereocenters. The van der Waals surface area contributed by atoms with E-state index in [0.29, 0.717) is 43.4 Å². The van der Waals surface area contributed by atoms with Crippen LogP contribution in [0.4, 0.5) is 0 Å². The van der Waals surface area contributed by atoms with Gasteiger partial charge in [0.2, 0.25) is 10.0 Å². The van der Waals surface area contributed by atoms with Crippen molar-refractivity contribution in [3.63, 3.8) is 0 Å². The first-order valence-electron chi connectivity index (χ1n) is 8.55. The maximum absolute atomic E-state index is 12.5. The molecule has 3 rings (SSSR count). The highest BCUT2D eigenvalue weighted by Gasteiger charge is 2.28. The van der Waals surface area contributed by atoms with Gasteiger partial charge in [-0.2, -0.15) is 4.31 Å². The smallest absolute Gasteiger partial charge is 0.220 e. The number of piperazine rings is 1. The lowest BCUT2D eigenvalue weighted by Gasteiger charge is -2.35. The number of hydrogen-bond acceptors (Lipinski definition) is 5. The Bertz CT molecular complexity index is 878. The van der Waals surface area contributed by atoms with Gasteiger partial charge >= 0.3 is 0 Å². The molecule has 1 saturated heterocycles. The zero-order chi connectivity index (χ0) is 19.3. The highest BCUT2D eigenvalue weighted by Crippen LogP contribution is 2.15. The summed E-state index contributed by atoms with van der Waals surface area (Å²) < 4.78 is 31.2. The van der Waals surface area contributed by atoms with Gasteiger partial charge in [-0.05, 0) is 11.6 Å². The van der Waals surface area contributed by atoms with Crippen molar-refractivity contribution in [2.75, 3.05) is 33.2 Å². The standard InChI is InChI=1S/C17H22ClN5O3S/c1-19-17(20-12-14-4-2-3-5-16(14)18)22-7-9-23(10-8-22)27(24,25)13-15-6-11-26-21-15/h2-6,11H,7-10,12-13H2,1H3,(H,19,20). The molecule has 0 amide bonds. The lowest BCUT2D eigenvalue weighted by Crippen LogP contribution is -2.53. The largest absolute Gasteiger partial charge is 0.364 e. The molecule has 2 aromatic rings. The van der Waals surface area contributed by atoms with Gasteiger partial charge in [0.05, 0.1) is 5.69 Å². The molecule has 8 nitrogen and oxygen atoms in total. The van der Waals surface area contributed by atoms with Crippen molar-refractivity contribution in [1.29, 1.82) is 0 Å². The van der Waals surface area contributed by atoms with E-state index in [4.69, 9.17) is 16.1 Å². The Morgan fingerprint density at radius 2 is 2.00 bits per heavy atom. The molecule has 0 aliphatic carbocycles. The van der Waals surface area contributed by atoms with Crippen LogP contribution in [-0.2, 0) is 22.3 Å². The summed E-state index contributed by atoms with van der Waals surface area (Å²) in [4.78, 5) is 6.34. The molecule has 0 spiro atoms. The number of nitrogens with zero attached hydrogens (tertiary/aromatic N) is 4. The van der Waals surface area contributed by atoms with E-state index in [0.717, 1.165) is 11.5 Å². The van der Waals surface area contributed by atoms with Crippen LogP contribution in [0.15, 0.2) is 46.1 Å². The van der Waals surface area contributed by atoms with E-state index in [1.165, 1.54) is 10.6 Å². The Kier molecular flexibility index (Phi) is 6.35. The molecule has 27 heavy (non-hydrogen) atoms. The molecule has 0 radical (unpaired) electrons. The third kappa shape index (κ3) is 5.00. The van der Waals surface area contributed by atoms with E-state index in [1.54, 1.807) is 13.1 Å². The van der Waals surface area contributed by atoms with Crippen LogP contribution in [0, 0.1) is 0 Å². The first kappa shape index (κ1) is 19.7. The van der Waals surface area contributed by atoms with Crippen LogP contribution in [0.3, 0.4) is 0 Å². The van der Waals surface area contributed by atoms with Gasteiger partial charge in [-0.3, -0.25) is 4.99 Å². The molecule has 1 fully saturated rings. The topological polar surface area (TPSA) is 91.0 Å². The predicted molar refractivity (Wildman–Crippen MR) is 104 cm³/mol. The van der Waals surface area contributed by atoms with E-state index >= 15 is 0 Å². The molecular formula is C17H22ClN5O3S. The second-order valence-corrected chi connectivity index (χ2v) is 8.50. The van der Waals surface area contributed by atoms with Crippen LogP contribution in [0.25, 0.3) is 0 Å². The van der Waals surface area contributed by atoms with Crippen LogP contribution in [0.1, 0.15) is 11.3 Å². The van der Waals surface area contributed by atoms with Gasteiger partial charge in [0.15, 0.2) is 5.96 Å². The van der Waals surface area contributed by atoms with E-state index in [2.05, 4.69) is 15.5 Å². The first-order chi connectivity index (χ1) is 13.0. The molecule has 1 aliphatic rings. The van der Waals surface area contributed by atoms with Gasteiger partial charge in [0.1, 0.15) is 12.0 Å². The molecular weight excluding hydrogens is 390 g/mol. The number of hydrogen-bond donors (Lipinski definition) is 1. The number of halogens is 1. The monoisotopic (exact) mass is 411 g/mol. The Labute approximate surface area is 163 Å². The average Bonchev–Trinajstić information content (AvgIpc) is 3.16. The van der Waals surface area contributed by atoms with E-state index in [-0.39, 0.29) is 5.75 Å². The summed E-state index contributed by atoms with van der Waals surface area (Å²) in [7, 11) is -1.71. The average molecular weight is 412 g/mol. The number of nitrogens with one attached hydrogen (secondary N) is 1. The van der Waals surface area contributed by atoms with Gasteiger partial charge in [-0.25, -0.2) is 8.42 Å². The summed E-state index contributed by atoms with van der Waals surface area (Å²) in [6.07, 6.45) is 1.37. The van der Waals surface area contributed by atoms with Crippen molar-refractivity contribution >= 4 is 27.6 Å². The zero-order valence-corrected chi connectivity index (χ0v) is 16.6. The van der Waals surface area contributed by atoms with Gasteiger partial charge in [0, 0.05) is 50.9 Å². The fourth-order valence-electron chi connectivity index (χ4n) is 2.92. The number of aromatic nitrogens is 1. The maximum Gasteiger partial charge on any atom is 0.220 e. The number of guanidine groups is 1. The van der Waals surface area contributed by atoms with Crippen LogP contribution in [0.2, 0.25) is 5.02 Å². The van der Waals surface area contributed by atoms with Gasteiger partial charge < -0.3 is 14.7 Å². The maximum atomic E-state index is 12.5. The summed E-state index contributed by atoms with van der Waals surface area (Å²) in [6, 6.07) is 9.19. The lowest BCUT2D eigenvalue weighted by molar-refractivity contribution is 0.259. The Hall–Kier alpha value is -2.10. The highest BCUT2D eigenvalue weighted by molar-refractivity contribution is 7.88. The third-order valence-corrected chi connectivity index (χ3v) is 6.54. The molecule has 0 bridgehead atoms. The number of rotatable bonds is 5. The van der Waals surface area contributed by atoms with Crippen LogP contribution >= 0.6 is 11.6 Å². The van der Waals surface area contributed by atoms with Crippen LogP contribution < -0.4 is 5.32 Å². The Morgan fingerprint density at radius 1 is 1.26 bits per heavy atom. The normalized spacial score (nSPS) is 16.5. The summed E-state index contributed by atoms with van der Waals surface area (Å²) in [5.41, 5.74) is 1.39. The third-order valence-electron chi connectivity index (χ3n) is 4.36. The fourth-order valence-corrected chi connectivity index (χ4v) is 4.54. The molecule has 10 heteroatoms. The Morgan fingerprint density at radius 3 is 2.63 bits per heavy atom. The lowest BCUT2D eigenvalue weighted by atomic mass is 10.2. The van der Waals surface area contributed by atoms with Gasteiger partial charge in [0.25, 0.3) is 0 Å². The highest BCUT2D eigenvalue weighted by atomic mass is 35.5. The SMILES string of the molecule is CN=C(NCc1ccccc1Cl)N1CCN(S(=O)(=O)Cc2ccon2)CC1. The quantitative estimate of drug-likeness (QED) is 0.593. The summed E-state index contributed by atoms with van der Waals surface area (Å²) in [6.45, 7) is 2.46. The van der Waals surface area contributed by atoms with E-state index < -0.39 is 10.0 Å². The Balaban J connectivity index is 1.55. The number of benzene rings is 1. The molecule has 2 heterocycles. The number of aliphatic imine (C=N–C) groups is 1. The molecule has 1 aliphatic heterocycles. The minimum atomic E-state index is -3.42. The van der Waals surface area contributed by atoms with Gasteiger partial charge in [-0.15, -0.1) is 0 Å². The molecule has 1 N–H and O–H groups in total. The molecule has 0 saturated carbocycles. The first-order valence-corrected chi connectivity index (χ1v) is 10.5.